The van der Waals surface area contributed by atoms with Crippen LogP contribution < -0.4 is 21.3 Å². The zero-order valence-corrected chi connectivity index (χ0v) is 15.6. The second-order valence-corrected chi connectivity index (χ2v) is 6.03. The summed E-state index contributed by atoms with van der Waals surface area (Å²) >= 11 is 0. The van der Waals surface area contributed by atoms with Gasteiger partial charge in [-0.05, 0) is 44.2 Å². The van der Waals surface area contributed by atoms with E-state index < -0.39 is 0 Å². The highest BCUT2D eigenvalue weighted by molar-refractivity contribution is 5.91. The van der Waals surface area contributed by atoms with E-state index in [1.54, 1.807) is 55.1 Å². The first-order valence-electron chi connectivity index (χ1n) is 8.76. The van der Waals surface area contributed by atoms with Crippen LogP contribution in [-0.4, -0.2) is 26.7 Å². The molecule has 0 saturated heterocycles. The number of aromatic nitrogens is 3. The Morgan fingerprint density at radius 2 is 1.70 bits per heavy atom. The molecule has 0 radical (unpaired) electrons. The summed E-state index contributed by atoms with van der Waals surface area (Å²) in [7, 11) is 1.57. The molecule has 0 fully saturated rings. The average molecular weight is 370 g/mol. The number of nitrogens with one attached hydrogen (secondary N) is 1. The van der Waals surface area contributed by atoms with E-state index in [4.69, 9.17) is 4.74 Å². The van der Waals surface area contributed by atoms with Crippen molar-refractivity contribution in [1.29, 1.82) is 0 Å². The maximum absolute atomic E-state index is 12.6. The molecule has 0 atom stereocenters. The highest BCUT2D eigenvalue weighted by atomic mass is 16.5. The first-order valence-corrected chi connectivity index (χ1v) is 8.76. The molecule has 1 N–H and O–H groups in total. The molecule has 0 spiro atoms. The Bertz CT molecular complexity index is 1090. The Morgan fingerprint density at radius 1 is 1.04 bits per heavy atom. The van der Waals surface area contributed by atoms with Crippen LogP contribution in [-0.2, 0) is 24.4 Å². The van der Waals surface area contributed by atoms with E-state index in [-0.39, 0.29) is 23.7 Å². The summed E-state index contributed by atoms with van der Waals surface area (Å²) in [6.07, 6.45) is 1.66. The summed E-state index contributed by atoms with van der Waals surface area (Å²) in [6, 6.07) is 8.64. The molecule has 2 aromatic heterocycles. The number of nitrogens with zero attached hydrogens (tertiary/aromatic N) is 3. The second-order valence-electron chi connectivity index (χ2n) is 6.03. The highest BCUT2D eigenvalue weighted by Crippen LogP contribution is 2.16. The van der Waals surface area contributed by atoms with Crippen molar-refractivity contribution in [2.75, 3.05) is 12.4 Å². The third-order valence-electron chi connectivity index (χ3n) is 4.45. The third kappa shape index (κ3) is 3.38. The van der Waals surface area contributed by atoms with E-state index in [0.717, 1.165) is 0 Å². The predicted octanol–water partition coefficient (Wildman–Crippen LogP) is 1.65. The molecule has 8 heteroatoms. The molecule has 3 rings (SSSR count). The number of fused-ring (bicyclic) bond motifs is 1. The lowest BCUT2D eigenvalue weighted by atomic mass is 10.3. The number of carbonyl (C=O) groups is 1. The van der Waals surface area contributed by atoms with Gasteiger partial charge < -0.3 is 14.6 Å². The summed E-state index contributed by atoms with van der Waals surface area (Å²) in [6.45, 7) is 4.29. The van der Waals surface area contributed by atoms with E-state index >= 15 is 0 Å². The van der Waals surface area contributed by atoms with Gasteiger partial charge in [0.1, 0.15) is 17.9 Å². The first-order chi connectivity index (χ1) is 13.0. The Balaban J connectivity index is 1.94. The van der Waals surface area contributed by atoms with Crippen LogP contribution in [0.1, 0.15) is 13.8 Å². The van der Waals surface area contributed by atoms with Crippen LogP contribution in [0.15, 0.2) is 46.1 Å². The summed E-state index contributed by atoms with van der Waals surface area (Å²) in [5.41, 5.74) is 0.394. The lowest BCUT2D eigenvalue weighted by Gasteiger charge is -2.13. The molecular weight excluding hydrogens is 348 g/mol. The molecule has 0 unspecified atom stereocenters. The molecule has 27 heavy (non-hydrogen) atoms. The maximum Gasteiger partial charge on any atom is 0.332 e. The van der Waals surface area contributed by atoms with Gasteiger partial charge in [0.25, 0.3) is 5.56 Å². The predicted molar refractivity (Wildman–Crippen MR) is 103 cm³/mol. The van der Waals surface area contributed by atoms with E-state index in [0.29, 0.717) is 35.6 Å². The summed E-state index contributed by atoms with van der Waals surface area (Å²) < 4.78 is 9.44. The van der Waals surface area contributed by atoms with Crippen molar-refractivity contribution in [3.05, 3.63) is 57.4 Å². The fourth-order valence-corrected chi connectivity index (χ4v) is 3.12. The monoisotopic (exact) mass is 370 g/mol. The largest absolute Gasteiger partial charge is 0.497 e. The SMILES string of the molecule is CCn1c(=O)c2ccn(CC(=O)Nc3ccc(OC)cc3)c2n(CC)c1=O. The highest BCUT2D eigenvalue weighted by Gasteiger charge is 2.16. The van der Waals surface area contributed by atoms with Gasteiger partial charge in [-0.2, -0.15) is 0 Å². The van der Waals surface area contributed by atoms with Crippen molar-refractivity contribution >= 4 is 22.6 Å². The lowest BCUT2D eigenvalue weighted by Crippen LogP contribution is -2.39. The molecule has 0 aliphatic carbocycles. The van der Waals surface area contributed by atoms with Gasteiger partial charge in [-0.25, -0.2) is 4.79 Å². The number of hydrogen-bond acceptors (Lipinski definition) is 4. The van der Waals surface area contributed by atoms with Gasteiger partial charge in [-0.15, -0.1) is 0 Å². The molecule has 3 aromatic rings. The number of rotatable bonds is 6. The number of ether oxygens (including phenoxy) is 1. The fourth-order valence-electron chi connectivity index (χ4n) is 3.12. The van der Waals surface area contributed by atoms with Gasteiger partial charge in [0.2, 0.25) is 5.91 Å². The molecule has 0 saturated carbocycles. The van der Waals surface area contributed by atoms with Gasteiger partial charge in [0, 0.05) is 25.0 Å². The quantitative estimate of drug-likeness (QED) is 0.715. The van der Waals surface area contributed by atoms with Crippen molar-refractivity contribution in [2.24, 2.45) is 0 Å². The van der Waals surface area contributed by atoms with Crippen molar-refractivity contribution in [3.63, 3.8) is 0 Å². The Kier molecular flexibility index (Phi) is 5.16. The van der Waals surface area contributed by atoms with Crippen LogP contribution >= 0.6 is 0 Å². The minimum Gasteiger partial charge on any atom is -0.497 e. The van der Waals surface area contributed by atoms with Crippen LogP contribution in [0.4, 0.5) is 5.69 Å². The topological polar surface area (TPSA) is 87.3 Å². The zero-order valence-electron chi connectivity index (χ0n) is 15.6. The number of benzene rings is 1. The van der Waals surface area contributed by atoms with Crippen LogP contribution in [0.2, 0.25) is 0 Å². The van der Waals surface area contributed by atoms with Crippen molar-refractivity contribution in [2.45, 2.75) is 33.5 Å². The normalized spacial score (nSPS) is 10.9. The van der Waals surface area contributed by atoms with Crippen molar-refractivity contribution in [1.82, 2.24) is 13.7 Å². The standard InChI is InChI=1S/C19H22N4O4/c1-4-22-17-15(18(25)23(5-2)19(22)26)10-11-21(17)12-16(24)20-13-6-8-14(27-3)9-7-13/h6-11H,4-5,12H2,1-3H3,(H,20,24). The van der Waals surface area contributed by atoms with E-state index in [9.17, 15) is 14.4 Å². The number of methoxy groups -OCH3 is 1. The molecule has 2 heterocycles. The Labute approximate surface area is 155 Å². The number of aryl methyl sites for hydroxylation is 1. The van der Waals surface area contributed by atoms with Gasteiger partial charge in [-0.1, -0.05) is 0 Å². The van der Waals surface area contributed by atoms with E-state index in [1.807, 2.05) is 6.92 Å². The summed E-state index contributed by atoms with van der Waals surface area (Å²) in [4.78, 5) is 37.5. The van der Waals surface area contributed by atoms with Gasteiger partial charge in [-0.3, -0.25) is 18.7 Å². The van der Waals surface area contributed by atoms with Gasteiger partial charge >= 0.3 is 5.69 Å². The Morgan fingerprint density at radius 3 is 2.30 bits per heavy atom. The third-order valence-corrected chi connectivity index (χ3v) is 4.45. The minimum absolute atomic E-state index is 0.00938. The smallest absolute Gasteiger partial charge is 0.332 e. The van der Waals surface area contributed by atoms with Gasteiger partial charge in [0.15, 0.2) is 0 Å². The molecule has 0 aliphatic heterocycles. The summed E-state index contributed by atoms with van der Waals surface area (Å²) in [5.74, 6) is 0.441. The van der Waals surface area contributed by atoms with Crippen LogP contribution in [0, 0.1) is 0 Å². The van der Waals surface area contributed by atoms with Crippen LogP contribution in [0.25, 0.3) is 11.0 Å². The second kappa shape index (κ2) is 7.53. The van der Waals surface area contributed by atoms with E-state index in [2.05, 4.69) is 5.32 Å². The Hall–Kier alpha value is -3.29. The fraction of sp³-hybridized carbons (Fsp3) is 0.316. The van der Waals surface area contributed by atoms with Gasteiger partial charge in [0.05, 0.1) is 12.5 Å². The minimum atomic E-state index is -0.368. The maximum atomic E-state index is 12.6. The number of amides is 1. The molecule has 1 amide bonds. The van der Waals surface area contributed by atoms with Crippen molar-refractivity contribution < 1.29 is 9.53 Å². The molecule has 142 valence electrons. The molecule has 0 aliphatic rings. The molecule has 0 bridgehead atoms. The molecule has 1 aromatic carbocycles. The van der Waals surface area contributed by atoms with E-state index in [1.165, 1.54) is 9.13 Å². The molecular formula is C19H22N4O4. The van der Waals surface area contributed by atoms with Crippen LogP contribution in [0.3, 0.4) is 0 Å². The van der Waals surface area contributed by atoms with Crippen molar-refractivity contribution in [3.8, 4) is 5.75 Å². The lowest BCUT2D eigenvalue weighted by molar-refractivity contribution is -0.116. The number of hydrogen-bond donors (Lipinski definition) is 1. The number of anilines is 1. The zero-order chi connectivity index (χ0) is 19.6. The molecule has 8 nitrogen and oxygen atoms in total. The van der Waals surface area contributed by atoms with Crippen LogP contribution in [0.5, 0.6) is 5.75 Å². The first kappa shape index (κ1) is 18.5. The summed E-state index contributed by atoms with van der Waals surface area (Å²) in [5, 5.41) is 3.23. The number of carbonyl (C=O) groups excluding carboxylic acids is 1. The average Bonchev–Trinajstić information content (AvgIpc) is 3.07.